The van der Waals surface area contributed by atoms with Gasteiger partial charge in [-0.25, -0.2) is 0 Å². The molecule has 0 radical (unpaired) electrons. The molecule has 1 amide bonds. The molecule has 0 spiro atoms. The molecule has 9 heteroatoms. The summed E-state index contributed by atoms with van der Waals surface area (Å²) >= 11 is 0. The van der Waals surface area contributed by atoms with Crippen molar-refractivity contribution in [2.45, 2.75) is 6.18 Å². The van der Waals surface area contributed by atoms with E-state index in [4.69, 9.17) is 4.74 Å². The molecule has 0 bridgehead atoms. The van der Waals surface area contributed by atoms with Crippen molar-refractivity contribution in [1.82, 2.24) is 15.2 Å². The van der Waals surface area contributed by atoms with Crippen LogP contribution in [0, 0.1) is 0 Å². The summed E-state index contributed by atoms with van der Waals surface area (Å²) < 4.78 is 43.1. The number of nitrogens with zero attached hydrogens (tertiary/aromatic N) is 2. The Labute approximate surface area is 139 Å². The van der Waals surface area contributed by atoms with Gasteiger partial charge >= 0.3 is 6.18 Å². The van der Waals surface area contributed by atoms with Gasteiger partial charge in [0.1, 0.15) is 11.5 Å². The predicted molar refractivity (Wildman–Crippen MR) is 82.3 cm³/mol. The molecule has 1 heterocycles. The van der Waals surface area contributed by atoms with Gasteiger partial charge < -0.3 is 4.74 Å². The SMILES string of the molecule is O=C(Nc1n[nH]c(C(F)(F)F)n1)c1ccccc1Oc1ccccc1. The maximum absolute atomic E-state index is 12.5. The number of hydrogen-bond acceptors (Lipinski definition) is 4. The van der Waals surface area contributed by atoms with Gasteiger partial charge in [0, 0.05) is 0 Å². The van der Waals surface area contributed by atoms with Crippen LogP contribution in [0.25, 0.3) is 0 Å². The van der Waals surface area contributed by atoms with Crippen molar-refractivity contribution < 1.29 is 22.7 Å². The molecular formula is C16H11F3N4O2. The topological polar surface area (TPSA) is 79.9 Å². The molecule has 2 N–H and O–H groups in total. The standard InChI is InChI=1S/C16H11F3N4O2/c17-16(18,19)14-21-15(23-22-14)20-13(24)11-8-4-5-9-12(11)25-10-6-2-1-3-7-10/h1-9H,(H2,20,21,22,23,24). The number of carbonyl (C=O) groups is 1. The Balaban J connectivity index is 1.80. The molecule has 0 saturated carbocycles. The third kappa shape index (κ3) is 3.94. The summed E-state index contributed by atoms with van der Waals surface area (Å²) in [6, 6.07) is 15.1. The van der Waals surface area contributed by atoms with Crippen molar-refractivity contribution in [3.63, 3.8) is 0 Å². The summed E-state index contributed by atoms with van der Waals surface area (Å²) in [5.74, 6) is -1.71. The summed E-state index contributed by atoms with van der Waals surface area (Å²) in [5.41, 5.74) is 0.129. The molecule has 3 rings (SSSR count). The number of alkyl halides is 3. The fourth-order valence-corrected chi connectivity index (χ4v) is 1.97. The first-order chi connectivity index (χ1) is 11.9. The number of anilines is 1. The number of ether oxygens (including phenoxy) is 1. The van der Waals surface area contributed by atoms with E-state index in [1.54, 1.807) is 47.6 Å². The monoisotopic (exact) mass is 348 g/mol. The number of aromatic nitrogens is 3. The highest BCUT2D eigenvalue weighted by Crippen LogP contribution is 2.27. The average Bonchev–Trinajstić information content (AvgIpc) is 3.05. The second kappa shape index (κ2) is 6.63. The third-order valence-corrected chi connectivity index (χ3v) is 3.08. The van der Waals surface area contributed by atoms with Crippen LogP contribution in [0.3, 0.4) is 0 Å². The molecule has 1 aromatic heterocycles. The Bertz CT molecular complexity index is 878. The first-order valence-corrected chi connectivity index (χ1v) is 7.06. The number of benzene rings is 2. The van der Waals surface area contributed by atoms with Crippen molar-refractivity contribution in [1.29, 1.82) is 0 Å². The van der Waals surface area contributed by atoms with Crippen LogP contribution in [0.5, 0.6) is 11.5 Å². The van der Waals surface area contributed by atoms with Crippen LogP contribution in [0.4, 0.5) is 19.1 Å². The molecule has 6 nitrogen and oxygen atoms in total. The second-order valence-electron chi connectivity index (χ2n) is 4.87. The Morgan fingerprint density at radius 3 is 2.40 bits per heavy atom. The third-order valence-electron chi connectivity index (χ3n) is 3.08. The molecule has 2 aromatic carbocycles. The summed E-state index contributed by atoms with van der Waals surface area (Å²) in [5, 5.41) is 7.26. The van der Waals surface area contributed by atoms with E-state index < -0.39 is 23.9 Å². The van der Waals surface area contributed by atoms with Gasteiger partial charge in [-0.15, -0.1) is 5.10 Å². The van der Waals surface area contributed by atoms with Gasteiger partial charge in [0.2, 0.25) is 11.8 Å². The molecule has 128 valence electrons. The number of H-pyrrole nitrogens is 1. The second-order valence-corrected chi connectivity index (χ2v) is 4.87. The zero-order valence-electron chi connectivity index (χ0n) is 12.5. The van der Waals surface area contributed by atoms with E-state index in [1.165, 1.54) is 6.07 Å². The smallest absolute Gasteiger partial charge is 0.451 e. The fourth-order valence-electron chi connectivity index (χ4n) is 1.97. The van der Waals surface area contributed by atoms with Gasteiger partial charge in [0.15, 0.2) is 0 Å². The molecule has 0 aliphatic heterocycles. The zero-order valence-corrected chi connectivity index (χ0v) is 12.5. The number of carbonyl (C=O) groups excluding carboxylic acids is 1. The molecule has 0 aliphatic carbocycles. The van der Waals surface area contributed by atoms with E-state index in [1.807, 2.05) is 6.07 Å². The maximum atomic E-state index is 12.5. The lowest BCUT2D eigenvalue weighted by Gasteiger charge is -2.10. The van der Waals surface area contributed by atoms with E-state index >= 15 is 0 Å². The van der Waals surface area contributed by atoms with Crippen molar-refractivity contribution in [2.24, 2.45) is 0 Å². The fraction of sp³-hybridized carbons (Fsp3) is 0.0625. The maximum Gasteiger partial charge on any atom is 0.451 e. The lowest BCUT2D eigenvalue weighted by Crippen LogP contribution is -2.14. The molecule has 0 aliphatic rings. The minimum Gasteiger partial charge on any atom is -0.457 e. The molecule has 0 atom stereocenters. The molecule has 3 aromatic rings. The van der Waals surface area contributed by atoms with Crippen LogP contribution in [-0.4, -0.2) is 21.1 Å². The summed E-state index contributed by atoms with van der Waals surface area (Å²) in [7, 11) is 0. The van der Waals surface area contributed by atoms with E-state index in [-0.39, 0.29) is 11.3 Å². The van der Waals surface area contributed by atoms with Crippen LogP contribution in [0.2, 0.25) is 0 Å². The normalized spacial score (nSPS) is 11.2. The summed E-state index contributed by atoms with van der Waals surface area (Å²) in [6.45, 7) is 0. The molecule has 0 fully saturated rings. The molecule has 0 saturated heterocycles. The first-order valence-electron chi connectivity index (χ1n) is 7.06. The highest BCUT2D eigenvalue weighted by atomic mass is 19.4. The Hall–Kier alpha value is -3.36. The van der Waals surface area contributed by atoms with E-state index in [9.17, 15) is 18.0 Å². The van der Waals surface area contributed by atoms with Crippen LogP contribution in [-0.2, 0) is 6.18 Å². The van der Waals surface area contributed by atoms with Crippen molar-refractivity contribution in [3.8, 4) is 11.5 Å². The van der Waals surface area contributed by atoms with Crippen LogP contribution in [0.15, 0.2) is 54.6 Å². The number of rotatable bonds is 4. The van der Waals surface area contributed by atoms with E-state index in [0.717, 1.165) is 0 Å². The van der Waals surface area contributed by atoms with Crippen LogP contribution < -0.4 is 10.1 Å². The van der Waals surface area contributed by atoms with Gasteiger partial charge in [-0.2, -0.15) is 18.2 Å². The Kier molecular flexibility index (Phi) is 4.38. The van der Waals surface area contributed by atoms with Gasteiger partial charge in [0.25, 0.3) is 5.91 Å². The van der Waals surface area contributed by atoms with E-state index in [0.29, 0.717) is 5.75 Å². The first kappa shape index (κ1) is 16.5. The van der Waals surface area contributed by atoms with Crippen LogP contribution in [0.1, 0.15) is 16.2 Å². The van der Waals surface area contributed by atoms with Gasteiger partial charge in [-0.05, 0) is 24.3 Å². The van der Waals surface area contributed by atoms with E-state index in [2.05, 4.69) is 15.4 Å². The van der Waals surface area contributed by atoms with Gasteiger partial charge in [-0.3, -0.25) is 15.2 Å². The largest absolute Gasteiger partial charge is 0.457 e. The lowest BCUT2D eigenvalue weighted by molar-refractivity contribution is -0.144. The number of para-hydroxylation sites is 2. The van der Waals surface area contributed by atoms with Gasteiger partial charge in [0.05, 0.1) is 5.56 Å². The minimum absolute atomic E-state index is 0.129. The highest BCUT2D eigenvalue weighted by molar-refractivity contribution is 6.05. The number of hydrogen-bond donors (Lipinski definition) is 2. The van der Waals surface area contributed by atoms with Gasteiger partial charge in [-0.1, -0.05) is 30.3 Å². The van der Waals surface area contributed by atoms with Crippen molar-refractivity contribution in [3.05, 3.63) is 66.0 Å². The van der Waals surface area contributed by atoms with Crippen molar-refractivity contribution in [2.75, 3.05) is 5.32 Å². The number of aromatic amines is 1. The summed E-state index contributed by atoms with van der Waals surface area (Å²) in [4.78, 5) is 15.5. The number of amides is 1. The Morgan fingerprint density at radius 1 is 1.04 bits per heavy atom. The lowest BCUT2D eigenvalue weighted by atomic mass is 10.2. The minimum atomic E-state index is -4.68. The van der Waals surface area contributed by atoms with Crippen molar-refractivity contribution >= 4 is 11.9 Å². The molecular weight excluding hydrogens is 337 g/mol. The zero-order chi connectivity index (χ0) is 17.9. The molecule has 0 unspecified atom stereocenters. The van der Waals surface area contributed by atoms with Crippen LogP contribution >= 0.6 is 0 Å². The summed E-state index contributed by atoms with van der Waals surface area (Å²) in [6.07, 6.45) is -4.68. The quantitative estimate of drug-likeness (QED) is 0.750. The highest BCUT2D eigenvalue weighted by Gasteiger charge is 2.35. The predicted octanol–water partition coefficient (Wildman–Crippen LogP) is 3.87. The molecule has 25 heavy (non-hydrogen) atoms. The average molecular weight is 348 g/mol. The number of nitrogens with one attached hydrogen (secondary N) is 2. The number of halogens is 3. The Morgan fingerprint density at radius 2 is 1.72 bits per heavy atom.